The minimum Gasteiger partial charge on any atom is -0.381 e. The number of thioether (sulfide) groups is 1. The van der Waals surface area contributed by atoms with Crippen LogP contribution in [0.25, 0.3) is 0 Å². The Labute approximate surface area is 116 Å². The van der Waals surface area contributed by atoms with E-state index in [0.29, 0.717) is 17.6 Å². The highest BCUT2D eigenvalue weighted by molar-refractivity contribution is 7.99. The largest absolute Gasteiger partial charge is 0.381 e. The number of piperidine rings is 1. The molecule has 2 atom stereocenters. The fourth-order valence-electron chi connectivity index (χ4n) is 3.05. The Morgan fingerprint density at radius 1 is 1.33 bits per heavy atom. The Balaban J connectivity index is 1.56. The molecule has 1 saturated carbocycles. The molecule has 0 bridgehead atoms. The molecular formula is C14H28N2OS. The van der Waals surface area contributed by atoms with Crippen LogP contribution in [0.2, 0.25) is 0 Å². The Bertz CT molecular complexity index is 254. The molecule has 0 amide bonds. The van der Waals surface area contributed by atoms with Crippen LogP contribution < -0.4 is 10.6 Å². The van der Waals surface area contributed by atoms with E-state index in [2.05, 4.69) is 36.2 Å². The molecule has 2 aliphatic rings. The van der Waals surface area contributed by atoms with Crippen molar-refractivity contribution in [2.24, 2.45) is 5.41 Å². The van der Waals surface area contributed by atoms with Gasteiger partial charge in [0.05, 0.1) is 6.10 Å². The van der Waals surface area contributed by atoms with Gasteiger partial charge in [-0.1, -0.05) is 13.8 Å². The van der Waals surface area contributed by atoms with E-state index in [1.807, 2.05) is 7.11 Å². The summed E-state index contributed by atoms with van der Waals surface area (Å²) in [4.78, 5) is 0. The highest BCUT2D eigenvalue weighted by atomic mass is 32.2. The van der Waals surface area contributed by atoms with Crippen LogP contribution in [0.3, 0.4) is 0 Å². The summed E-state index contributed by atoms with van der Waals surface area (Å²) < 4.78 is 5.48. The van der Waals surface area contributed by atoms with E-state index in [-0.39, 0.29) is 0 Å². The van der Waals surface area contributed by atoms with E-state index < -0.39 is 0 Å². The topological polar surface area (TPSA) is 33.3 Å². The number of hydrogen-bond donors (Lipinski definition) is 2. The van der Waals surface area contributed by atoms with E-state index >= 15 is 0 Å². The van der Waals surface area contributed by atoms with Crippen LogP contribution in [-0.4, -0.2) is 49.9 Å². The summed E-state index contributed by atoms with van der Waals surface area (Å²) in [6.45, 7) is 8.16. The molecule has 2 unspecified atom stereocenters. The smallest absolute Gasteiger partial charge is 0.0652 e. The van der Waals surface area contributed by atoms with E-state index in [1.54, 1.807) is 0 Å². The van der Waals surface area contributed by atoms with Gasteiger partial charge in [-0.2, -0.15) is 11.8 Å². The van der Waals surface area contributed by atoms with Gasteiger partial charge in [0, 0.05) is 36.1 Å². The highest BCUT2D eigenvalue weighted by Crippen LogP contribution is 2.42. The normalized spacial score (nSPS) is 32.2. The fourth-order valence-corrected chi connectivity index (χ4v) is 4.19. The molecule has 18 heavy (non-hydrogen) atoms. The number of ether oxygens (including phenoxy) is 1. The average Bonchev–Trinajstić information content (AvgIpc) is 2.38. The molecule has 1 aliphatic heterocycles. The first-order valence-corrected chi connectivity index (χ1v) is 8.28. The lowest BCUT2D eigenvalue weighted by Crippen LogP contribution is -2.60. The third kappa shape index (κ3) is 3.41. The van der Waals surface area contributed by atoms with Gasteiger partial charge < -0.3 is 15.4 Å². The molecule has 1 aliphatic carbocycles. The summed E-state index contributed by atoms with van der Waals surface area (Å²) in [5.41, 5.74) is 0.300. The highest BCUT2D eigenvalue weighted by Gasteiger charge is 2.47. The third-order valence-electron chi connectivity index (χ3n) is 4.59. The quantitative estimate of drug-likeness (QED) is 0.723. The van der Waals surface area contributed by atoms with Gasteiger partial charge in [0.1, 0.15) is 0 Å². The Morgan fingerprint density at radius 3 is 2.67 bits per heavy atom. The lowest BCUT2D eigenvalue weighted by atomic mass is 9.64. The van der Waals surface area contributed by atoms with Crippen LogP contribution in [0.1, 0.15) is 33.1 Å². The van der Waals surface area contributed by atoms with E-state index in [0.717, 1.165) is 11.8 Å². The van der Waals surface area contributed by atoms with Gasteiger partial charge in [-0.05, 0) is 32.4 Å². The van der Waals surface area contributed by atoms with Crippen LogP contribution in [0.4, 0.5) is 0 Å². The molecule has 0 aromatic rings. The van der Waals surface area contributed by atoms with E-state index in [1.165, 1.54) is 38.1 Å². The van der Waals surface area contributed by atoms with Crippen molar-refractivity contribution in [3.63, 3.8) is 0 Å². The van der Waals surface area contributed by atoms with Crippen molar-refractivity contribution in [1.82, 2.24) is 10.6 Å². The molecule has 0 aromatic heterocycles. The Kier molecular flexibility index (Phi) is 5.36. The van der Waals surface area contributed by atoms with Crippen LogP contribution in [-0.2, 0) is 4.74 Å². The SMILES string of the molecule is COC1CC(NCCSC2CCNCC2)C1(C)C. The van der Waals surface area contributed by atoms with E-state index in [9.17, 15) is 0 Å². The van der Waals surface area contributed by atoms with Crippen LogP contribution >= 0.6 is 11.8 Å². The maximum Gasteiger partial charge on any atom is 0.0652 e. The maximum absolute atomic E-state index is 5.48. The zero-order valence-electron chi connectivity index (χ0n) is 12.0. The van der Waals surface area contributed by atoms with Gasteiger partial charge in [0.25, 0.3) is 0 Å². The number of hydrogen-bond acceptors (Lipinski definition) is 4. The Hall–Kier alpha value is 0.230. The summed E-state index contributed by atoms with van der Waals surface area (Å²) in [6.07, 6.45) is 4.28. The average molecular weight is 272 g/mol. The molecule has 0 radical (unpaired) electrons. The van der Waals surface area contributed by atoms with Crippen LogP contribution in [0, 0.1) is 5.41 Å². The van der Waals surface area contributed by atoms with Gasteiger partial charge in [0.2, 0.25) is 0 Å². The maximum atomic E-state index is 5.48. The van der Waals surface area contributed by atoms with Crippen molar-refractivity contribution < 1.29 is 4.74 Å². The standard InChI is InChI=1S/C14H28N2OS/c1-14(2)12(10-13(14)17-3)16-8-9-18-11-4-6-15-7-5-11/h11-13,15-16H,4-10H2,1-3H3. The first kappa shape index (κ1) is 14.6. The van der Waals surface area contributed by atoms with Gasteiger partial charge in [0.15, 0.2) is 0 Å². The second kappa shape index (κ2) is 6.60. The molecule has 2 rings (SSSR count). The fraction of sp³-hybridized carbons (Fsp3) is 1.00. The zero-order chi connectivity index (χ0) is 13.0. The van der Waals surface area contributed by atoms with Crippen molar-refractivity contribution >= 4 is 11.8 Å². The summed E-state index contributed by atoms with van der Waals surface area (Å²) in [7, 11) is 1.83. The second-order valence-electron chi connectivity index (χ2n) is 6.11. The zero-order valence-corrected chi connectivity index (χ0v) is 12.8. The minimum absolute atomic E-state index is 0.300. The van der Waals surface area contributed by atoms with Crippen LogP contribution in [0.5, 0.6) is 0 Å². The van der Waals surface area contributed by atoms with Gasteiger partial charge in [-0.15, -0.1) is 0 Å². The van der Waals surface area contributed by atoms with Gasteiger partial charge >= 0.3 is 0 Å². The number of nitrogens with one attached hydrogen (secondary N) is 2. The molecule has 0 spiro atoms. The number of rotatable bonds is 6. The molecule has 2 N–H and O–H groups in total. The van der Waals surface area contributed by atoms with Crippen LogP contribution in [0.15, 0.2) is 0 Å². The molecular weight excluding hydrogens is 244 g/mol. The first-order valence-electron chi connectivity index (χ1n) is 7.23. The number of methoxy groups -OCH3 is 1. The summed E-state index contributed by atoms with van der Waals surface area (Å²) >= 11 is 2.15. The van der Waals surface area contributed by atoms with E-state index in [4.69, 9.17) is 4.74 Å². The molecule has 2 fully saturated rings. The summed E-state index contributed by atoms with van der Waals surface area (Å²) in [5.74, 6) is 1.24. The predicted molar refractivity (Wildman–Crippen MR) is 79.3 cm³/mol. The molecule has 1 saturated heterocycles. The lowest BCUT2D eigenvalue weighted by molar-refractivity contribution is -0.0967. The monoisotopic (exact) mass is 272 g/mol. The van der Waals surface area contributed by atoms with Gasteiger partial charge in [-0.3, -0.25) is 0 Å². The third-order valence-corrected chi connectivity index (χ3v) is 5.98. The molecule has 4 heteroatoms. The van der Waals surface area contributed by atoms with Crippen molar-refractivity contribution in [3.05, 3.63) is 0 Å². The first-order chi connectivity index (χ1) is 8.64. The second-order valence-corrected chi connectivity index (χ2v) is 7.52. The van der Waals surface area contributed by atoms with Crippen molar-refractivity contribution in [1.29, 1.82) is 0 Å². The van der Waals surface area contributed by atoms with Gasteiger partial charge in [-0.25, -0.2) is 0 Å². The summed E-state index contributed by atoms with van der Waals surface area (Å²) in [6, 6.07) is 0.635. The Morgan fingerprint density at radius 2 is 2.06 bits per heavy atom. The molecule has 3 nitrogen and oxygen atoms in total. The van der Waals surface area contributed by atoms with Crippen molar-refractivity contribution in [2.45, 2.75) is 50.5 Å². The molecule has 0 aromatic carbocycles. The molecule has 106 valence electrons. The predicted octanol–water partition coefficient (Wildman–Crippen LogP) is 1.87. The minimum atomic E-state index is 0.300. The van der Waals surface area contributed by atoms with Crippen molar-refractivity contribution in [2.75, 3.05) is 32.5 Å². The lowest BCUT2D eigenvalue weighted by Gasteiger charge is -2.51. The van der Waals surface area contributed by atoms with Crippen molar-refractivity contribution in [3.8, 4) is 0 Å². The molecule has 1 heterocycles. The summed E-state index contributed by atoms with van der Waals surface area (Å²) in [5, 5.41) is 8.00.